The molecule has 0 atom stereocenters. The first-order valence-corrected chi connectivity index (χ1v) is 3.08. The Balaban J connectivity index is 0.000000810. The van der Waals surface area contributed by atoms with Gasteiger partial charge in [0.05, 0.1) is 12.7 Å². The number of aromatic nitrogens is 1. The van der Waals surface area contributed by atoms with Gasteiger partial charge in [-0.1, -0.05) is 6.07 Å². The predicted octanol–water partition coefficient (Wildman–Crippen LogP) is -2.42. The van der Waals surface area contributed by atoms with Gasteiger partial charge in [0.15, 0.2) is 0 Å². The van der Waals surface area contributed by atoms with Gasteiger partial charge in [0.1, 0.15) is 0 Å². The summed E-state index contributed by atoms with van der Waals surface area (Å²) in [6, 6.07) is 5.80. The van der Waals surface area contributed by atoms with Crippen LogP contribution < -0.4 is 34.3 Å². The van der Waals surface area contributed by atoms with Gasteiger partial charge in [-0.15, -0.1) is 0 Å². The largest absolute Gasteiger partial charge is 1.00 e. The smallest absolute Gasteiger partial charge is 0.272 e. The van der Waals surface area contributed by atoms with Crippen molar-refractivity contribution in [3.05, 3.63) is 24.4 Å². The Morgan fingerprint density at radius 3 is 2.60 bits per heavy atom. The molecule has 1 aromatic rings. The number of pyridine rings is 1. The van der Waals surface area contributed by atoms with E-state index < -0.39 is 0 Å². The van der Waals surface area contributed by atoms with E-state index in [0.29, 0.717) is 0 Å². The Kier molecular flexibility index (Phi) is 4.34. The van der Waals surface area contributed by atoms with E-state index in [4.69, 9.17) is 5.73 Å². The molecule has 0 amide bonds. The third kappa shape index (κ3) is 2.13. The summed E-state index contributed by atoms with van der Waals surface area (Å²) < 4.78 is 1.99. The van der Waals surface area contributed by atoms with Crippen LogP contribution in [0.1, 0.15) is 6.92 Å². The molecule has 1 rings (SSSR count). The van der Waals surface area contributed by atoms with Crippen LogP contribution in [0.2, 0.25) is 0 Å². The van der Waals surface area contributed by atoms with Crippen molar-refractivity contribution in [2.75, 3.05) is 5.73 Å². The molecule has 56 valence electrons. The molecule has 0 aromatic carbocycles. The summed E-state index contributed by atoms with van der Waals surface area (Å²) in [6.07, 6.45) is 1.97. The average molecular weight is 250 g/mol. The molecule has 1 aromatic heterocycles. The Hall–Kier alpha value is -0.320. The molecule has 0 fully saturated rings. The maximum Gasteiger partial charge on any atom is 0.272 e. The Labute approximate surface area is 78.1 Å². The molecule has 0 unspecified atom stereocenters. The summed E-state index contributed by atoms with van der Waals surface area (Å²) in [6.45, 7) is 3.00. The molecule has 0 aliphatic heterocycles. The lowest BCUT2D eigenvalue weighted by molar-refractivity contribution is -0.679. The number of anilines is 1. The summed E-state index contributed by atoms with van der Waals surface area (Å²) in [5.74, 6) is 0.819. The molecule has 0 radical (unpaired) electrons. The van der Waals surface area contributed by atoms with Crippen LogP contribution in [-0.2, 0) is 6.54 Å². The molecule has 0 spiro atoms. The number of hydrogen-bond acceptors (Lipinski definition) is 1. The molecule has 10 heavy (non-hydrogen) atoms. The third-order valence-electron chi connectivity index (χ3n) is 1.32. The van der Waals surface area contributed by atoms with Gasteiger partial charge in [-0.05, 0) is 13.0 Å². The van der Waals surface area contributed by atoms with Crippen molar-refractivity contribution >= 4 is 5.82 Å². The van der Waals surface area contributed by atoms with Crippen molar-refractivity contribution in [3.63, 3.8) is 0 Å². The fraction of sp³-hybridized carbons (Fsp3) is 0.286. The highest BCUT2D eigenvalue weighted by atomic mass is 127. The normalized spacial score (nSPS) is 8.50. The molecule has 0 aliphatic carbocycles. The standard InChI is InChI=1S/C7H10N2.HI/c1-2-9-6-4-3-5-7(9)8;/h3-6,8H,2H2,1H3;1H. The van der Waals surface area contributed by atoms with Gasteiger partial charge in [0.2, 0.25) is 0 Å². The summed E-state index contributed by atoms with van der Waals surface area (Å²) >= 11 is 0. The quantitative estimate of drug-likeness (QED) is 0.436. The maximum atomic E-state index is 5.59. The second-order valence-corrected chi connectivity index (χ2v) is 1.91. The van der Waals surface area contributed by atoms with Gasteiger partial charge >= 0.3 is 0 Å². The van der Waals surface area contributed by atoms with Crippen LogP contribution in [0.15, 0.2) is 24.4 Å². The number of nitrogens with two attached hydrogens (primary N) is 1. The average Bonchev–Trinajstić information content (AvgIpc) is 1.89. The van der Waals surface area contributed by atoms with E-state index in [2.05, 4.69) is 6.92 Å². The first-order chi connectivity index (χ1) is 4.34. The van der Waals surface area contributed by atoms with Gasteiger partial charge in [-0.25, -0.2) is 4.57 Å². The fourth-order valence-corrected chi connectivity index (χ4v) is 0.778. The maximum absolute atomic E-state index is 5.59. The van der Waals surface area contributed by atoms with Crippen LogP contribution in [-0.4, -0.2) is 0 Å². The molecule has 2 N–H and O–H groups in total. The van der Waals surface area contributed by atoms with Crippen molar-refractivity contribution in [1.29, 1.82) is 0 Å². The second-order valence-electron chi connectivity index (χ2n) is 1.91. The highest BCUT2D eigenvalue weighted by Crippen LogP contribution is 1.88. The minimum atomic E-state index is 0. The van der Waals surface area contributed by atoms with E-state index in [1.807, 2.05) is 29.0 Å². The molecule has 0 bridgehead atoms. The van der Waals surface area contributed by atoms with Gasteiger partial charge < -0.3 is 24.0 Å². The molecular weight excluding hydrogens is 239 g/mol. The second kappa shape index (κ2) is 4.49. The molecular formula is C7H11IN2. The molecule has 0 saturated heterocycles. The van der Waals surface area contributed by atoms with Gasteiger partial charge in [0, 0.05) is 6.07 Å². The zero-order valence-corrected chi connectivity index (χ0v) is 8.08. The van der Waals surface area contributed by atoms with E-state index >= 15 is 0 Å². The van der Waals surface area contributed by atoms with Crippen molar-refractivity contribution in [1.82, 2.24) is 0 Å². The fourth-order valence-electron chi connectivity index (χ4n) is 0.778. The van der Waals surface area contributed by atoms with Gasteiger partial charge in [0.25, 0.3) is 5.82 Å². The predicted molar refractivity (Wildman–Crippen MR) is 36.7 cm³/mol. The number of nitrogen functional groups attached to an aromatic ring is 1. The SMILES string of the molecule is CC[n+]1ccccc1N.[I-]. The summed E-state index contributed by atoms with van der Waals surface area (Å²) in [4.78, 5) is 0. The lowest BCUT2D eigenvalue weighted by atomic mass is 10.4. The van der Waals surface area contributed by atoms with Crippen LogP contribution in [0.5, 0.6) is 0 Å². The minimum Gasteiger partial charge on any atom is -1.00 e. The van der Waals surface area contributed by atoms with E-state index in [0.717, 1.165) is 12.4 Å². The van der Waals surface area contributed by atoms with E-state index in [-0.39, 0.29) is 24.0 Å². The Morgan fingerprint density at radius 2 is 2.20 bits per heavy atom. The molecule has 3 heteroatoms. The zero-order chi connectivity index (χ0) is 6.69. The molecule has 0 aliphatic rings. The number of nitrogens with zero attached hydrogens (tertiary/aromatic N) is 1. The van der Waals surface area contributed by atoms with Crippen LogP contribution >= 0.6 is 0 Å². The molecule has 2 nitrogen and oxygen atoms in total. The van der Waals surface area contributed by atoms with Crippen molar-refractivity contribution < 1.29 is 28.5 Å². The summed E-state index contributed by atoms with van der Waals surface area (Å²) in [5, 5.41) is 0. The summed E-state index contributed by atoms with van der Waals surface area (Å²) in [5.41, 5.74) is 5.59. The van der Waals surface area contributed by atoms with Crippen LogP contribution in [0.4, 0.5) is 5.82 Å². The number of hydrogen-bond donors (Lipinski definition) is 1. The Morgan fingerprint density at radius 1 is 1.50 bits per heavy atom. The highest BCUT2D eigenvalue weighted by Gasteiger charge is 1.95. The van der Waals surface area contributed by atoms with E-state index in [1.165, 1.54) is 0 Å². The summed E-state index contributed by atoms with van der Waals surface area (Å²) in [7, 11) is 0. The topological polar surface area (TPSA) is 29.9 Å². The van der Waals surface area contributed by atoms with Crippen LogP contribution in [0, 0.1) is 0 Å². The lowest BCUT2D eigenvalue weighted by Crippen LogP contribution is -3.00. The lowest BCUT2D eigenvalue weighted by Gasteiger charge is -1.95. The molecule has 0 saturated carbocycles. The van der Waals surface area contributed by atoms with Crippen molar-refractivity contribution in [3.8, 4) is 0 Å². The van der Waals surface area contributed by atoms with Crippen molar-refractivity contribution in [2.24, 2.45) is 0 Å². The first kappa shape index (κ1) is 9.68. The van der Waals surface area contributed by atoms with Crippen LogP contribution in [0.25, 0.3) is 0 Å². The number of halogens is 1. The monoisotopic (exact) mass is 250 g/mol. The van der Waals surface area contributed by atoms with Gasteiger partial charge in [-0.2, -0.15) is 0 Å². The van der Waals surface area contributed by atoms with Crippen LogP contribution in [0.3, 0.4) is 0 Å². The molecule has 1 heterocycles. The Bertz CT molecular complexity index is 201. The number of rotatable bonds is 1. The number of aryl methyl sites for hydroxylation is 1. The first-order valence-electron chi connectivity index (χ1n) is 3.08. The highest BCUT2D eigenvalue weighted by molar-refractivity contribution is 5.18. The third-order valence-corrected chi connectivity index (χ3v) is 1.32. The van der Waals surface area contributed by atoms with Crippen molar-refractivity contribution in [2.45, 2.75) is 13.5 Å². The van der Waals surface area contributed by atoms with E-state index in [9.17, 15) is 0 Å². The van der Waals surface area contributed by atoms with Gasteiger partial charge in [-0.3, -0.25) is 5.73 Å². The zero-order valence-electron chi connectivity index (χ0n) is 5.92. The van der Waals surface area contributed by atoms with E-state index in [1.54, 1.807) is 0 Å². The minimum absolute atomic E-state index is 0.